The molecule has 1 aliphatic carbocycles. The highest BCUT2D eigenvalue weighted by molar-refractivity contribution is 5.35. The second-order valence-corrected chi connectivity index (χ2v) is 5.42. The van der Waals surface area contributed by atoms with Gasteiger partial charge in [0, 0.05) is 12.2 Å². The SMILES string of the molecule is Cc1nccc(NC2CCCCC2(C)C)n1. The van der Waals surface area contributed by atoms with Crippen LogP contribution < -0.4 is 5.32 Å². The van der Waals surface area contributed by atoms with Gasteiger partial charge in [0.15, 0.2) is 0 Å². The molecule has 1 fully saturated rings. The molecule has 1 saturated carbocycles. The van der Waals surface area contributed by atoms with Crippen molar-refractivity contribution < 1.29 is 0 Å². The number of anilines is 1. The van der Waals surface area contributed by atoms with Crippen molar-refractivity contribution in [2.45, 2.75) is 52.5 Å². The molecule has 1 heterocycles. The summed E-state index contributed by atoms with van der Waals surface area (Å²) in [4.78, 5) is 8.53. The van der Waals surface area contributed by atoms with Gasteiger partial charge in [-0.1, -0.05) is 26.7 Å². The van der Waals surface area contributed by atoms with Crippen molar-refractivity contribution in [1.29, 1.82) is 0 Å². The van der Waals surface area contributed by atoms with Crippen molar-refractivity contribution in [2.24, 2.45) is 5.41 Å². The molecule has 1 aliphatic rings. The van der Waals surface area contributed by atoms with Gasteiger partial charge in [-0.15, -0.1) is 0 Å². The lowest BCUT2D eigenvalue weighted by atomic mass is 9.73. The third kappa shape index (κ3) is 2.52. The zero-order chi connectivity index (χ0) is 11.6. The molecule has 1 aromatic rings. The molecule has 1 unspecified atom stereocenters. The molecular formula is C13H21N3. The smallest absolute Gasteiger partial charge is 0.129 e. The van der Waals surface area contributed by atoms with E-state index in [0.717, 1.165) is 11.6 Å². The fraction of sp³-hybridized carbons (Fsp3) is 0.692. The van der Waals surface area contributed by atoms with Crippen LogP contribution in [0.15, 0.2) is 12.3 Å². The minimum absolute atomic E-state index is 0.372. The monoisotopic (exact) mass is 219 g/mol. The molecule has 0 radical (unpaired) electrons. The van der Waals surface area contributed by atoms with Crippen LogP contribution >= 0.6 is 0 Å². The van der Waals surface area contributed by atoms with Crippen LogP contribution in [0.5, 0.6) is 0 Å². The van der Waals surface area contributed by atoms with Crippen LogP contribution in [0.3, 0.4) is 0 Å². The highest BCUT2D eigenvalue weighted by atomic mass is 15.1. The molecule has 2 rings (SSSR count). The topological polar surface area (TPSA) is 37.8 Å². The molecule has 0 amide bonds. The van der Waals surface area contributed by atoms with Crippen LogP contribution in [0, 0.1) is 12.3 Å². The van der Waals surface area contributed by atoms with E-state index in [0.29, 0.717) is 11.5 Å². The average Bonchev–Trinajstić information content (AvgIpc) is 2.21. The van der Waals surface area contributed by atoms with E-state index in [2.05, 4.69) is 29.1 Å². The van der Waals surface area contributed by atoms with Gasteiger partial charge < -0.3 is 5.32 Å². The Morgan fingerprint density at radius 1 is 1.38 bits per heavy atom. The number of hydrogen-bond donors (Lipinski definition) is 1. The summed E-state index contributed by atoms with van der Waals surface area (Å²) in [5.74, 6) is 1.80. The second-order valence-electron chi connectivity index (χ2n) is 5.42. The molecule has 88 valence electrons. The average molecular weight is 219 g/mol. The Balaban J connectivity index is 2.08. The quantitative estimate of drug-likeness (QED) is 0.830. The summed E-state index contributed by atoms with van der Waals surface area (Å²) in [6.45, 7) is 6.62. The van der Waals surface area contributed by atoms with Gasteiger partial charge in [0.1, 0.15) is 11.6 Å². The maximum atomic E-state index is 4.41. The first kappa shape index (κ1) is 11.4. The predicted molar refractivity (Wildman–Crippen MR) is 66.4 cm³/mol. The van der Waals surface area contributed by atoms with Gasteiger partial charge in [0.05, 0.1) is 0 Å². The molecule has 3 heteroatoms. The van der Waals surface area contributed by atoms with Gasteiger partial charge in [0.25, 0.3) is 0 Å². The molecule has 1 atom stereocenters. The molecule has 16 heavy (non-hydrogen) atoms. The van der Waals surface area contributed by atoms with E-state index in [9.17, 15) is 0 Å². The molecule has 0 aromatic carbocycles. The van der Waals surface area contributed by atoms with Crippen molar-refractivity contribution in [3.63, 3.8) is 0 Å². The van der Waals surface area contributed by atoms with Crippen LogP contribution in [-0.2, 0) is 0 Å². The summed E-state index contributed by atoms with van der Waals surface area (Å²) in [5.41, 5.74) is 0.372. The number of rotatable bonds is 2. The number of hydrogen-bond acceptors (Lipinski definition) is 3. The fourth-order valence-electron chi connectivity index (χ4n) is 2.48. The van der Waals surface area contributed by atoms with E-state index in [-0.39, 0.29) is 0 Å². The minimum Gasteiger partial charge on any atom is -0.367 e. The minimum atomic E-state index is 0.372. The number of aromatic nitrogens is 2. The Bertz CT molecular complexity index is 360. The zero-order valence-corrected chi connectivity index (χ0v) is 10.5. The first-order valence-corrected chi connectivity index (χ1v) is 6.14. The van der Waals surface area contributed by atoms with E-state index in [4.69, 9.17) is 0 Å². The van der Waals surface area contributed by atoms with Crippen LogP contribution in [0.1, 0.15) is 45.4 Å². The summed E-state index contributed by atoms with van der Waals surface area (Å²) >= 11 is 0. The van der Waals surface area contributed by atoms with Gasteiger partial charge in [0.2, 0.25) is 0 Å². The highest BCUT2D eigenvalue weighted by Gasteiger charge is 2.32. The predicted octanol–water partition coefficient (Wildman–Crippen LogP) is 3.17. The maximum Gasteiger partial charge on any atom is 0.129 e. The van der Waals surface area contributed by atoms with Crippen LogP contribution in [0.2, 0.25) is 0 Å². The van der Waals surface area contributed by atoms with E-state index in [1.54, 1.807) is 0 Å². The van der Waals surface area contributed by atoms with Gasteiger partial charge in [-0.3, -0.25) is 0 Å². The summed E-state index contributed by atoms with van der Waals surface area (Å²) in [7, 11) is 0. The zero-order valence-electron chi connectivity index (χ0n) is 10.5. The summed E-state index contributed by atoms with van der Waals surface area (Å²) in [6.07, 6.45) is 7.05. The molecule has 0 saturated heterocycles. The molecule has 0 bridgehead atoms. The lowest BCUT2D eigenvalue weighted by Gasteiger charge is -2.39. The molecular weight excluding hydrogens is 198 g/mol. The third-order valence-electron chi connectivity index (χ3n) is 3.61. The van der Waals surface area contributed by atoms with Crippen LogP contribution in [0.25, 0.3) is 0 Å². The number of aryl methyl sites for hydroxylation is 1. The van der Waals surface area contributed by atoms with E-state index in [1.165, 1.54) is 25.7 Å². The van der Waals surface area contributed by atoms with E-state index >= 15 is 0 Å². The normalized spacial score (nSPS) is 24.1. The van der Waals surface area contributed by atoms with Crippen molar-refractivity contribution in [1.82, 2.24) is 9.97 Å². The molecule has 0 spiro atoms. The standard InChI is InChI=1S/C13H21N3/c1-10-14-9-7-12(15-10)16-11-6-4-5-8-13(11,2)3/h7,9,11H,4-6,8H2,1-3H3,(H,14,15,16). The van der Waals surface area contributed by atoms with Crippen LogP contribution in [-0.4, -0.2) is 16.0 Å². The third-order valence-corrected chi connectivity index (χ3v) is 3.61. The van der Waals surface area contributed by atoms with E-state index < -0.39 is 0 Å². The van der Waals surface area contributed by atoms with Crippen molar-refractivity contribution in [2.75, 3.05) is 5.32 Å². The molecule has 1 N–H and O–H groups in total. The molecule has 0 aliphatic heterocycles. The van der Waals surface area contributed by atoms with Gasteiger partial charge in [-0.05, 0) is 31.2 Å². The number of nitrogens with one attached hydrogen (secondary N) is 1. The van der Waals surface area contributed by atoms with Gasteiger partial charge in [-0.25, -0.2) is 9.97 Å². The van der Waals surface area contributed by atoms with Crippen LogP contribution in [0.4, 0.5) is 5.82 Å². The summed E-state index contributed by atoms with van der Waals surface area (Å²) in [6, 6.07) is 2.49. The van der Waals surface area contributed by atoms with Gasteiger partial charge >= 0.3 is 0 Å². The Morgan fingerprint density at radius 2 is 2.19 bits per heavy atom. The molecule has 3 nitrogen and oxygen atoms in total. The Kier molecular flexibility index (Phi) is 3.13. The van der Waals surface area contributed by atoms with Gasteiger partial charge in [-0.2, -0.15) is 0 Å². The Hall–Kier alpha value is -1.12. The second kappa shape index (κ2) is 4.40. The first-order valence-electron chi connectivity index (χ1n) is 6.14. The lowest BCUT2D eigenvalue weighted by molar-refractivity contribution is 0.216. The highest BCUT2D eigenvalue weighted by Crippen LogP contribution is 2.36. The first-order chi connectivity index (χ1) is 7.58. The van der Waals surface area contributed by atoms with Crippen molar-refractivity contribution in [3.05, 3.63) is 18.1 Å². The van der Waals surface area contributed by atoms with Crippen molar-refractivity contribution >= 4 is 5.82 Å². The molecule has 1 aromatic heterocycles. The lowest BCUT2D eigenvalue weighted by Crippen LogP contribution is -2.39. The number of nitrogens with zero attached hydrogens (tertiary/aromatic N) is 2. The largest absolute Gasteiger partial charge is 0.367 e. The fourth-order valence-corrected chi connectivity index (χ4v) is 2.48. The maximum absolute atomic E-state index is 4.41. The Morgan fingerprint density at radius 3 is 2.88 bits per heavy atom. The summed E-state index contributed by atoms with van der Waals surface area (Å²) in [5, 5.41) is 3.56. The van der Waals surface area contributed by atoms with Crippen molar-refractivity contribution in [3.8, 4) is 0 Å². The van der Waals surface area contributed by atoms with E-state index in [1.807, 2.05) is 19.2 Å². The Labute approximate surface area is 97.7 Å². The summed E-state index contributed by atoms with van der Waals surface area (Å²) < 4.78 is 0.